The molecule has 1 N–H and O–H groups in total. The maximum atomic E-state index is 12.6. The molecule has 35 heavy (non-hydrogen) atoms. The zero-order chi connectivity index (χ0) is 25.2. The van der Waals surface area contributed by atoms with Gasteiger partial charge in [-0.05, 0) is 59.2 Å². The largest absolute Gasteiger partial charge is 0.497 e. The second-order valence-corrected chi connectivity index (χ2v) is 7.35. The summed E-state index contributed by atoms with van der Waals surface area (Å²) in [6.45, 7) is 0. The van der Waals surface area contributed by atoms with Crippen molar-refractivity contribution in [3.63, 3.8) is 0 Å². The van der Waals surface area contributed by atoms with E-state index in [1.807, 2.05) is 60.7 Å². The fourth-order valence-electron chi connectivity index (χ4n) is 3.41. The molecule has 3 aromatic carbocycles. The van der Waals surface area contributed by atoms with Gasteiger partial charge in [0.1, 0.15) is 11.5 Å². The first-order chi connectivity index (χ1) is 17.0. The summed E-state index contributed by atoms with van der Waals surface area (Å²) in [6.07, 6.45) is 7.02. The standard InChI is InChI=1S/C28H29NO6/c1-31-22-8-6-7-19(15-22)12-14-27(30)29-23-16-20(11-13-24(23)32-2)9-10-21-17-25(33-3)28(35-5)26(18-21)34-4/h6-18H,1-5H3,(H,29,30)/b10-9?,14-12+. The van der Waals surface area contributed by atoms with E-state index in [0.29, 0.717) is 28.7 Å². The Morgan fingerprint density at radius 3 is 1.94 bits per heavy atom. The van der Waals surface area contributed by atoms with Gasteiger partial charge in [0.05, 0.1) is 41.2 Å². The molecule has 0 aromatic heterocycles. The maximum absolute atomic E-state index is 12.6. The minimum atomic E-state index is -0.281. The Labute approximate surface area is 205 Å². The van der Waals surface area contributed by atoms with Gasteiger partial charge in [-0.1, -0.05) is 30.4 Å². The number of hydrogen-bond donors (Lipinski definition) is 1. The van der Waals surface area contributed by atoms with Gasteiger partial charge in [-0.3, -0.25) is 4.79 Å². The smallest absolute Gasteiger partial charge is 0.248 e. The normalized spacial score (nSPS) is 10.9. The first-order valence-corrected chi connectivity index (χ1v) is 10.8. The molecule has 0 atom stereocenters. The Balaban J connectivity index is 1.80. The van der Waals surface area contributed by atoms with Crippen molar-refractivity contribution >= 4 is 29.8 Å². The lowest BCUT2D eigenvalue weighted by Crippen LogP contribution is -2.09. The van der Waals surface area contributed by atoms with Gasteiger partial charge < -0.3 is 29.0 Å². The SMILES string of the molecule is COc1cccc(/C=C/C(=O)Nc2cc(C=Cc3cc(OC)c(OC)c(OC)c3)ccc2OC)c1. The number of nitrogens with one attached hydrogen (secondary N) is 1. The molecule has 0 heterocycles. The van der Waals surface area contributed by atoms with Crippen LogP contribution < -0.4 is 29.0 Å². The summed E-state index contributed by atoms with van der Waals surface area (Å²) < 4.78 is 26.8. The lowest BCUT2D eigenvalue weighted by Gasteiger charge is -2.13. The summed E-state index contributed by atoms with van der Waals surface area (Å²) >= 11 is 0. The van der Waals surface area contributed by atoms with Gasteiger partial charge in [0.2, 0.25) is 11.7 Å². The van der Waals surface area contributed by atoms with E-state index < -0.39 is 0 Å². The summed E-state index contributed by atoms with van der Waals surface area (Å²) in [5.41, 5.74) is 3.14. The summed E-state index contributed by atoms with van der Waals surface area (Å²) in [4.78, 5) is 12.6. The van der Waals surface area contributed by atoms with E-state index >= 15 is 0 Å². The highest BCUT2D eigenvalue weighted by atomic mass is 16.5. The molecule has 0 bridgehead atoms. The molecule has 7 nitrogen and oxygen atoms in total. The second-order valence-electron chi connectivity index (χ2n) is 7.35. The van der Waals surface area contributed by atoms with Crippen LogP contribution in [0.4, 0.5) is 5.69 Å². The molecule has 0 saturated heterocycles. The Kier molecular flexibility index (Phi) is 8.78. The van der Waals surface area contributed by atoms with E-state index in [1.54, 1.807) is 47.7 Å². The van der Waals surface area contributed by atoms with Crippen molar-refractivity contribution in [2.45, 2.75) is 0 Å². The minimum Gasteiger partial charge on any atom is -0.497 e. The predicted octanol–water partition coefficient (Wildman–Crippen LogP) is 5.55. The third-order valence-electron chi connectivity index (χ3n) is 5.16. The number of methoxy groups -OCH3 is 5. The van der Waals surface area contributed by atoms with Crippen LogP contribution in [0.25, 0.3) is 18.2 Å². The van der Waals surface area contributed by atoms with E-state index in [-0.39, 0.29) is 5.91 Å². The van der Waals surface area contributed by atoms with Gasteiger partial charge in [0.25, 0.3) is 0 Å². The first kappa shape index (κ1) is 25.2. The molecule has 3 aromatic rings. The Morgan fingerprint density at radius 2 is 1.31 bits per heavy atom. The molecule has 0 unspecified atom stereocenters. The average molecular weight is 476 g/mol. The Bertz CT molecular complexity index is 1210. The number of hydrogen-bond acceptors (Lipinski definition) is 6. The molecule has 0 spiro atoms. The van der Waals surface area contributed by atoms with Crippen LogP contribution in [-0.4, -0.2) is 41.5 Å². The van der Waals surface area contributed by atoms with Gasteiger partial charge in [0, 0.05) is 6.08 Å². The minimum absolute atomic E-state index is 0.281. The van der Waals surface area contributed by atoms with E-state index in [2.05, 4.69) is 5.32 Å². The number of anilines is 1. The second kappa shape index (κ2) is 12.2. The molecule has 0 aliphatic carbocycles. The predicted molar refractivity (Wildman–Crippen MR) is 139 cm³/mol. The molecule has 0 aliphatic heterocycles. The molecule has 0 aliphatic rings. The van der Waals surface area contributed by atoms with Crippen molar-refractivity contribution in [1.29, 1.82) is 0 Å². The number of benzene rings is 3. The van der Waals surface area contributed by atoms with Gasteiger partial charge in [0.15, 0.2) is 11.5 Å². The topological polar surface area (TPSA) is 75.3 Å². The van der Waals surface area contributed by atoms with Gasteiger partial charge >= 0.3 is 0 Å². The summed E-state index contributed by atoms with van der Waals surface area (Å²) in [7, 11) is 7.88. The van der Waals surface area contributed by atoms with E-state index in [1.165, 1.54) is 6.08 Å². The van der Waals surface area contributed by atoms with E-state index in [0.717, 1.165) is 22.4 Å². The zero-order valence-electron chi connectivity index (χ0n) is 20.5. The molecule has 0 saturated carbocycles. The van der Waals surface area contributed by atoms with Crippen molar-refractivity contribution in [3.05, 3.63) is 77.4 Å². The van der Waals surface area contributed by atoms with Crippen LogP contribution in [0.5, 0.6) is 28.7 Å². The highest BCUT2D eigenvalue weighted by Gasteiger charge is 2.12. The zero-order valence-corrected chi connectivity index (χ0v) is 20.5. The van der Waals surface area contributed by atoms with Crippen molar-refractivity contribution < 1.29 is 28.5 Å². The van der Waals surface area contributed by atoms with E-state index in [9.17, 15) is 4.79 Å². The fraction of sp³-hybridized carbons (Fsp3) is 0.179. The van der Waals surface area contributed by atoms with E-state index in [4.69, 9.17) is 23.7 Å². The number of rotatable bonds is 10. The lowest BCUT2D eigenvalue weighted by molar-refractivity contribution is -0.111. The monoisotopic (exact) mass is 475 g/mol. The average Bonchev–Trinajstić information content (AvgIpc) is 2.90. The number of carbonyl (C=O) groups excluding carboxylic acids is 1. The van der Waals surface area contributed by atoms with Gasteiger partial charge in [-0.2, -0.15) is 0 Å². The highest BCUT2D eigenvalue weighted by molar-refractivity contribution is 6.03. The molecular formula is C28H29NO6. The van der Waals surface area contributed by atoms with Crippen LogP contribution in [-0.2, 0) is 4.79 Å². The molecule has 3 rings (SSSR count). The lowest BCUT2D eigenvalue weighted by atomic mass is 10.1. The van der Waals surface area contributed by atoms with Crippen LogP contribution in [0.3, 0.4) is 0 Å². The van der Waals surface area contributed by atoms with Crippen LogP contribution >= 0.6 is 0 Å². The third kappa shape index (κ3) is 6.57. The molecule has 0 fully saturated rings. The molecule has 182 valence electrons. The number of amides is 1. The van der Waals surface area contributed by atoms with Crippen LogP contribution in [0.2, 0.25) is 0 Å². The Hall–Kier alpha value is -4.39. The van der Waals surface area contributed by atoms with Crippen LogP contribution in [0.1, 0.15) is 16.7 Å². The summed E-state index contributed by atoms with van der Waals surface area (Å²) in [5.74, 6) is 2.66. The van der Waals surface area contributed by atoms with Crippen molar-refractivity contribution in [2.24, 2.45) is 0 Å². The number of ether oxygens (including phenoxy) is 5. The quantitative estimate of drug-likeness (QED) is 0.306. The Morgan fingerprint density at radius 1 is 0.657 bits per heavy atom. The maximum Gasteiger partial charge on any atom is 0.248 e. The van der Waals surface area contributed by atoms with Crippen molar-refractivity contribution in [2.75, 3.05) is 40.9 Å². The van der Waals surface area contributed by atoms with Crippen LogP contribution in [0.15, 0.2) is 60.7 Å². The molecular weight excluding hydrogens is 446 g/mol. The van der Waals surface area contributed by atoms with Crippen molar-refractivity contribution in [1.82, 2.24) is 0 Å². The first-order valence-electron chi connectivity index (χ1n) is 10.8. The van der Waals surface area contributed by atoms with Gasteiger partial charge in [-0.25, -0.2) is 0 Å². The fourth-order valence-corrected chi connectivity index (χ4v) is 3.41. The molecule has 1 amide bonds. The van der Waals surface area contributed by atoms with Crippen molar-refractivity contribution in [3.8, 4) is 28.7 Å². The van der Waals surface area contributed by atoms with Gasteiger partial charge in [-0.15, -0.1) is 0 Å². The number of carbonyl (C=O) groups is 1. The third-order valence-corrected chi connectivity index (χ3v) is 5.16. The summed E-state index contributed by atoms with van der Waals surface area (Å²) in [6, 6.07) is 16.7. The molecule has 7 heteroatoms. The highest BCUT2D eigenvalue weighted by Crippen LogP contribution is 2.38. The van der Waals surface area contributed by atoms with Crippen LogP contribution in [0, 0.1) is 0 Å². The summed E-state index contributed by atoms with van der Waals surface area (Å²) in [5, 5.41) is 2.88. The molecule has 0 radical (unpaired) electrons.